The first-order valence-electron chi connectivity index (χ1n) is 14.6. The smallest absolute Gasteiger partial charge is 0.335 e. The van der Waals surface area contributed by atoms with E-state index >= 15 is 0 Å². The molecule has 216 valence electrons. The summed E-state index contributed by atoms with van der Waals surface area (Å²) in [6.45, 7) is 4.67. The molecule has 1 heterocycles. The van der Waals surface area contributed by atoms with Gasteiger partial charge in [-0.05, 0) is 105 Å². The highest BCUT2D eigenvalue weighted by Gasteiger charge is 2.37. The van der Waals surface area contributed by atoms with Crippen molar-refractivity contribution in [2.75, 3.05) is 19.0 Å². The number of halogens is 1. The van der Waals surface area contributed by atoms with Gasteiger partial charge in [0.1, 0.15) is 5.82 Å². The van der Waals surface area contributed by atoms with E-state index in [-0.39, 0.29) is 17.2 Å². The number of pyridine rings is 1. The van der Waals surface area contributed by atoms with Crippen molar-refractivity contribution in [1.82, 2.24) is 4.98 Å². The maximum absolute atomic E-state index is 14.4. The summed E-state index contributed by atoms with van der Waals surface area (Å²) in [4.78, 5) is 16.7. The Hall–Kier alpha value is -4.77. The van der Waals surface area contributed by atoms with E-state index in [0.29, 0.717) is 5.56 Å². The van der Waals surface area contributed by atoms with Crippen LogP contribution in [0.3, 0.4) is 0 Å². The number of benzene rings is 5. The van der Waals surface area contributed by atoms with Gasteiger partial charge < -0.3 is 10.0 Å². The van der Waals surface area contributed by atoms with Crippen LogP contribution in [-0.2, 0) is 12.8 Å². The molecule has 43 heavy (non-hydrogen) atoms. The number of aromatic nitrogens is 1. The zero-order valence-corrected chi connectivity index (χ0v) is 24.9. The van der Waals surface area contributed by atoms with Crippen molar-refractivity contribution >= 4 is 44.1 Å². The molecular formula is C38H35FN2O2. The predicted octanol–water partition coefficient (Wildman–Crippen LogP) is 9.04. The van der Waals surface area contributed by atoms with Crippen molar-refractivity contribution in [1.29, 1.82) is 0 Å². The molecule has 0 bridgehead atoms. The first-order chi connectivity index (χ1) is 20.6. The van der Waals surface area contributed by atoms with Crippen LogP contribution in [0.4, 0.5) is 10.1 Å². The van der Waals surface area contributed by atoms with E-state index in [1.54, 1.807) is 42.6 Å². The summed E-state index contributed by atoms with van der Waals surface area (Å²) in [5.74, 6) is -0.772. The SMILES string of the molecule is CN(C)c1cc(F)cc(C2Cc3ccc4c(ccc5ccccc54)c3CC2(C)C)c1.O=C(O)c1ccc2ncccc2c1. The average molecular weight is 571 g/mol. The van der Waals surface area contributed by atoms with Gasteiger partial charge in [0, 0.05) is 31.4 Å². The van der Waals surface area contributed by atoms with Gasteiger partial charge in [0.05, 0.1) is 11.1 Å². The molecular weight excluding hydrogens is 535 g/mol. The molecule has 0 saturated heterocycles. The van der Waals surface area contributed by atoms with Crippen molar-refractivity contribution in [3.05, 3.63) is 131 Å². The van der Waals surface area contributed by atoms with Gasteiger partial charge in [-0.3, -0.25) is 4.98 Å². The van der Waals surface area contributed by atoms with E-state index in [1.807, 2.05) is 25.1 Å². The summed E-state index contributed by atoms with van der Waals surface area (Å²) in [6, 6.07) is 31.8. The number of hydrogen-bond acceptors (Lipinski definition) is 3. The molecule has 0 radical (unpaired) electrons. The van der Waals surface area contributed by atoms with Gasteiger partial charge in [-0.1, -0.05) is 68.4 Å². The number of fused-ring (bicyclic) bond motifs is 6. The minimum Gasteiger partial charge on any atom is -0.478 e. The third kappa shape index (κ3) is 5.55. The molecule has 0 fully saturated rings. The Morgan fingerprint density at radius 2 is 1.63 bits per heavy atom. The van der Waals surface area contributed by atoms with Gasteiger partial charge in [0.2, 0.25) is 0 Å². The fourth-order valence-electron chi connectivity index (χ4n) is 6.50. The first-order valence-corrected chi connectivity index (χ1v) is 14.6. The van der Waals surface area contributed by atoms with Crippen molar-refractivity contribution in [2.24, 2.45) is 5.41 Å². The van der Waals surface area contributed by atoms with Crippen LogP contribution in [0.2, 0.25) is 0 Å². The van der Waals surface area contributed by atoms with Crippen LogP contribution in [0.15, 0.2) is 103 Å². The van der Waals surface area contributed by atoms with Crippen LogP contribution in [0.25, 0.3) is 32.4 Å². The number of rotatable bonds is 3. The van der Waals surface area contributed by atoms with Crippen LogP contribution in [-0.4, -0.2) is 30.2 Å². The van der Waals surface area contributed by atoms with Gasteiger partial charge in [-0.2, -0.15) is 0 Å². The second-order valence-corrected chi connectivity index (χ2v) is 12.4. The summed E-state index contributed by atoms with van der Waals surface area (Å²) < 4.78 is 14.4. The Balaban J connectivity index is 0.000000211. The van der Waals surface area contributed by atoms with Crippen molar-refractivity contribution < 1.29 is 14.3 Å². The fraction of sp³-hybridized carbons (Fsp3) is 0.211. The molecule has 6 aromatic rings. The Bertz CT molecular complexity index is 2000. The summed E-state index contributed by atoms with van der Waals surface area (Å²) in [6.07, 6.45) is 3.63. The van der Waals surface area contributed by atoms with Gasteiger partial charge in [-0.25, -0.2) is 9.18 Å². The molecule has 1 aliphatic carbocycles. The van der Waals surface area contributed by atoms with Crippen LogP contribution in [0.1, 0.15) is 46.8 Å². The molecule has 7 rings (SSSR count). The van der Waals surface area contributed by atoms with Crippen molar-refractivity contribution in [2.45, 2.75) is 32.6 Å². The summed E-state index contributed by atoms with van der Waals surface area (Å²) >= 11 is 0. The topological polar surface area (TPSA) is 53.4 Å². The Morgan fingerprint density at radius 1 is 0.860 bits per heavy atom. The second kappa shape index (κ2) is 11.1. The normalized spacial score (nSPS) is 15.5. The number of hydrogen-bond donors (Lipinski definition) is 1. The number of aromatic carboxylic acids is 1. The van der Waals surface area contributed by atoms with Gasteiger partial charge >= 0.3 is 5.97 Å². The summed E-state index contributed by atoms with van der Waals surface area (Å²) in [5.41, 5.74) is 6.05. The molecule has 1 atom stereocenters. The lowest BCUT2D eigenvalue weighted by atomic mass is 9.63. The molecule has 1 unspecified atom stereocenters. The zero-order valence-electron chi connectivity index (χ0n) is 24.9. The lowest BCUT2D eigenvalue weighted by molar-refractivity contribution is 0.0697. The predicted molar refractivity (Wildman–Crippen MR) is 175 cm³/mol. The van der Waals surface area contributed by atoms with E-state index < -0.39 is 5.97 Å². The van der Waals surface area contributed by atoms with Crippen LogP contribution < -0.4 is 4.90 Å². The Kier molecular flexibility index (Phi) is 7.35. The van der Waals surface area contributed by atoms with E-state index in [1.165, 1.54) is 32.7 Å². The first kappa shape index (κ1) is 28.4. The molecule has 0 amide bonds. The van der Waals surface area contributed by atoms with Gasteiger partial charge in [-0.15, -0.1) is 0 Å². The largest absolute Gasteiger partial charge is 0.478 e. The average Bonchev–Trinajstić information content (AvgIpc) is 2.99. The molecule has 0 aliphatic heterocycles. The van der Waals surface area contributed by atoms with E-state index in [4.69, 9.17) is 5.11 Å². The number of carboxylic acid groups (broad SMARTS) is 1. The summed E-state index contributed by atoms with van der Waals surface area (Å²) in [5, 5.41) is 14.9. The number of anilines is 1. The molecule has 0 spiro atoms. The van der Waals surface area contributed by atoms with E-state index in [9.17, 15) is 9.18 Å². The number of carbonyl (C=O) groups is 1. The van der Waals surface area contributed by atoms with Gasteiger partial charge in [0.25, 0.3) is 0 Å². The highest BCUT2D eigenvalue weighted by atomic mass is 19.1. The monoisotopic (exact) mass is 570 g/mol. The minimum absolute atomic E-state index is 0.0459. The quantitative estimate of drug-likeness (QED) is 0.216. The molecule has 1 aromatic heterocycles. The minimum atomic E-state index is -0.911. The van der Waals surface area contributed by atoms with Crippen LogP contribution in [0, 0.1) is 11.2 Å². The third-order valence-corrected chi connectivity index (χ3v) is 8.81. The van der Waals surface area contributed by atoms with Crippen LogP contribution in [0.5, 0.6) is 0 Å². The lowest BCUT2D eigenvalue weighted by Crippen LogP contribution is -2.31. The lowest BCUT2D eigenvalue weighted by Gasteiger charge is -2.41. The molecule has 5 heteroatoms. The number of carboxylic acids is 1. The second-order valence-electron chi connectivity index (χ2n) is 12.4. The molecule has 4 nitrogen and oxygen atoms in total. The summed E-state index contributed by atoms with van der Waals surface area (Å²) in [7, 11) is 3.94. The van der Waals surface area contributed by atoms with E-state index in [2.05, 4.69) is 73.4 Å². The fourth-order valence-corrected chi connectivity index (χ4v) is 6.50. The van der Waals surface area contributed by atoms with Crippen molar-refractivity contribution in [3.63, 3.8) is 0 Å². The van der Waals surface area contributed by atoms with Gasteiger partial charge in [0.15, 0.2) is 0 Å². The van der Waals surface area contributed by atoms with Crippen LogP contribution >= 0.6 is 0 Å². The molecule has 1 N–H and O–H groups in total. The Labute approximate surface area is 251 Å². The third-order valence-electron chi connectivity index (χ3n) is 8.81. The molecule has 0 saturated carbocycles. The van der Waals surface area contributed by atoms with Crippen molar-refractivity contribution in [3.8, 4) is 0 Å². The molecule has 5 aromatic carbocycles. The zero-order chi connectivity index (χ0) is 30.3. The molecule has 1 aliphatic rings. The Morgan fingerprint density at radius 3 is 2.42 bits per heavy atom. The highest BCUT2D eigenvalue weighted by molar-refractivity contribution is 6.08. The maximum Gasteiger partial charge on any atom is 0.335 e. The van der Waals surface area contributed by atoms with E-state index in [0.717, 1.165) is 35.0 Å². The standard InChI is InChI=1S/C28H28FN.C10H7NO2/c1-28(2)17-26-19(15-27(28)20-13-21(29)16-22(14-20)30(3)4)10-12-24-23-8-6-5-7-18(23)9-11-25(24)26;12-10(13)8-3-4-9-7(6-8)2-1-5-11-9/h5-14,16,27H,15,17H2,1-4H3;1-6H,(H,12,13). The number of nitrogens with zero attached hydrogens (tertiary/aromatic N) is 2. The highest BCUT2D eigenvalue weighted by Crippen LogP contribution is 2.48. The maximum atomic E-state index is 14.4.